The second-order valence-electron chi connectivity index (χ2n) is 11.9. The highest BCUT2D eigenvalue weighted by atomic mass is 35.5. The molecule has 2 atom stereocenters. The molecule has 3 aliphatic heterocycles. The van der Waals surface area contributed by atoms with Crippen LogP contribution < -0.4 is 9.47 Å². The molecule has 2 unspecified atom stereocenters. The molecule has 3 heterocycles. The number of carbonyl (C=O) groups is 1. The molecule has 0 spiro atoms. The van der Waals surface area contributed by atoms with Crippen LogP contribution >= 0.6 is 11.6 Å². The summed E-state index contributed by atoms with van der Waals surface area (Å²) in [6.45, 7) is 10.8. The van der Waals surface area contributed by atoms with Gasteiger partial charge in [0.2, 0.25) is 0 Å². The minimum Gasteiger partial charge on any atom is -0.497 e. The molecule has 0 radical (unpaired) electrons. The van der Waals surface area contributed by atoms with Crippen LogP contribution in [-0.4, -0.2) is 78.5 Å². The van der Waals surface area contributed by atoms with Gasteiger partial charge in [0, 0.05) is 30.2 Å². The van der Waals surface area contributed by atoms with E-state index in [2.05, 4.69) is 18.7 Å². The fourth-order valence-corrected chi connectivity index (χ4v) is 6.66. The molecule has 2 fully saturated rings. The van der Waals surface area contributed by atoms with Gasteiger partial charge in [-0.05, 0) is 94.3 Å². The molecule has 0 aliphatic carbocycles. The summed E-state index contributed by atoms with van der Waals surface area (Å²) in [5, 5.41) is 0.683. The number of benzene rings is 2. The number of carbonyl (C=O) groups excluding carboxylic acids is 1. The quantitative estimate of drug-likeness (QED) is 0.319. The van der Waals surface area contributed by atoms with Crippen LogP contribution in [-0.2, 0) is 0 Å². The second-order valence-corrected chi connectivity index (χ2v) is 12.3. The number of amides is 2. The van der Waals surface area contributed by atoms with Gasteiger partial charge in [0.1, 0.15) is 17.3 Å². The summed E-state index contributed by atoms with van der Waals surface area (Å²) >= 11 is 6.30. The van der Waals surface area contributed by atoms with Gasteiger partial charge < -0.3 is 19.3 Å². The van der Waals surface area contributed by atoms with Crippen LogP contribution in [0.1, 0.15) is 76.5 Å². The summed E-state index contributed by atoms with van der Waals surface area (Å²) < 4.78 is 11.6. The molecular formula is C33H45ClN4O3. The van der Waals surface area contributed by atoms with E-state index >= 15 is 0 Å². The fraction of sp³-hybridized carbons (Fsp3) is 0.576. The Labute approximate surface area is 250 Å². The number of amidine groups is 1. The minimum atomic E-state index is -0.221. The largest absolute Gasteiger partial charge is 0.497 e. The molecule has 2 saturated heterocycles. The van der Waals surface area contributed by atoms with Crippen molar-refractivity contribution >= 4 is 23.5 Å². The van der Waals surface area contributed by atoms with Gasteiger partial charge in [-0.1, -0.05) is 37.6 Å². The highest BCUT2D eigenvalue weighted by Gasteiger charge is 2.44. The molecule has 0 bridgehead atoms. The Balaban J connectivity index is 1.52. The van der Waals surface area contributed by atoms with E-state index in [0.717, 1.165) is 49.9 Å². The zero-order valence-electron chi connectivity index (χ0n) is 25.0. The highest BCUT2D eigenvalue weighted by molar-refractivity contribution is 6.30. The normalized spacial score (nSPS) is 22.0. The standard InChI is InChI=1S/C33H45ClN4O3/c1-5-41-30-22-27(40-4)13-14-28(30)32-35-29(15-8-23(2)3)31(24-9-11-25(34)12-10-24)38(32)33(39)37-20-16-26(17-21-37)36-18-6-7-19-36/h9-14,22-23,26,29,31H,5-8,15-21H2,1-4H3. The van der Waals surface area contributed by atoms with E-state index in [-0.39, 0.29) is 18.1 Å². The van der Waals surface area contributed by atoms with Gasteiger partial charge in [-0.15, -0.1) is 0 Å². The summed E-state index contributed by atoms with van der Waals surface area (Å²) in [7, 11) is 1.65. The summed E-state index contributed by atoms with van der Waals surface area (Å²) in [5.41, 5.74) is 1.87. The number of hydrogen-bond donors (Lipinski definition) is 0. The van der Waals surface area contributed by atoms with Crippen LogP contribution in [0.5, 0.6) is 11.5 Å². The average Bonchev–Trinajstić information content (AvgIpc) is 3.65. The zero-order chi connectivity index (χ0) is 28.9. The lowest BCUT2D eigenvalue weighted by atomic mass is 9.93. The molecule has 3 aliphatic rings. The maximum atomic E-state index is 14.6. The third kappa shape index (κ3) is 6.67. The van der Waals surface area contributed by atoms with Gasteiger partial charge in [-0.2, -0.15) is 0 Å². The summed E-state index contributed by atoms with van der Waals surface area (Å²) in [6.07, 6.45) is 6.52. The predicted octanol–water partition coefficient (Wildman–Crippen LogP) is 7.04. The lowest BCUT2D eigenvalue weighted by molar-refractivity contribution is 0.117. The number of methoxy groups -OCH3 is 1. The number of halogens is 1. The molecular weight excluding hydrogens is 536 g/mol. The molecule has 5 rings (SSSR count). The van der Waals surface area contributed by atoms with Crippen LogP contribution in [0.3, 0.4) is 0 Å². The van der Waals surface area contributed by atoms with E-state index in [1.54, 1.807) is 7.11 Å². The number of urea groups is 1. The maximum absolute atomic E-state index is 14.6. The summed E-state index contributed by atoms with van der Waals surface area (Å²) in [6, 6.07) is 14.0. The molecule has 2 aromatic carbocycles. The smallest absolute Gasteiger partial charge is 0.326 e. The number of ether oxygens (including phenoxy) is 2. The molecule has 0 saturated carbocycles. The van der Waals surface area contributed by atoms with Crippen molar-refractivity contribution in [3.8, 4) is 11.5 Å². The van der Waals surface area contributed by atoms with Gasteiger partial charge in [0.05, 0.1) is 31.4 Å². The van der Waals surface area contributed by atoms with E-state index in [0.29, 0.717) is 40.9 Å². The van der Waals surface area contributed by atoms with Crippen molar-refractivity contribution in [2.45, 2.75) is 77.4 Å². The number of rotatable bonds is 9. The van der Waals surface area contributed by atoms with E-state index < -0.39 is 0 Å². The summed E-state index contributed by atoms with van der Waals surface area (Å²) in [5.74, 6) is 2.60. The molecule has 2 aromatic rings. The lowest BCUT2D eigenvalue weighted by Gasteiger charge is -2.40. The Morgan fingerprint density at radius 2 is 1.76 bits per heavy atom. The van der Waals surface area contributed by atoms with Gasteiger partial charge >= 0.3 is 6.03 Å². The topological polar surface area (TPSA) is 57.6 Å². The van der Waals surface area contributed by atoms with Gasteiger partial charge in [-0.25, -0.2) is 4.79 Å². The second kappa shape index (κ2) is 13.5. The van der Waals surface area contributed by atoms with Crippen molar-refractivity contribution in [3.63, 3.8) is 0 Å². The summed E-state index contributed by atoms with van der Waals surface area (Å²) in [4.78, 5) is 26.5. The SMILES string of the molecule is CCOc1cc(OC)ccc1C1=NC(CCC(C)C)C(c2ccc(Cl)cc2)N1C(=O)N1CCC(N2CCCC2)CC1. The Bertz CT molecular complexity index is 1200. The van der Waals surface area contributed by atoms with Gasteiger partial charge in [0.25, 0.3) is 0 Å². The van der Waals surface area contributed by atoms with Crippen LogP contribution in [0.4, 0.5) is 4.79 Å². The van der Waals surface area contributed by atoms with Gasteiger partial charge in [0.15, 0.2) is 0 Å². The maximum Gasteiger partial charge on any atom is 0.326 e. The van der Waals surface area contributed by atoms with Crippen molar-refractivity contribution in [3.05, 3.63) is 58.6 Å². The van der Waals surface area contributed by atoms with Gasteiger partial charge in [-0.3, -0.25) is 9.89 Å². The zero-order valence-corrected chi connectivity index (χ0v) is 25.8. The number of nitrogens with zero attached hydrogens (tertiary/aromatic N) is 4. The monoisotopic (exact) mass is 580 g/mol. The third-order valence-corrected chi connectivity index (χ3v) is 8.99. The van der Waals surface area contributed by atoms with Crippen molar-refractivity contribution in [2.24, 2.45) is 10.9 Å². The van der Waals surface area contributed by atoms with E-state index in [1.807, 2.05) is 59.2 Å². The molecule has 8 heteroatoms. The first-order valence-corrected chi connectivity index (χ1v) is 15.7. The molecule has 7 nitrogen and oxygen atoms in total. The van der Waals surface area contributed by atoms with Crippen molar-refractivity contribution in [1.29, 1.82) is 0 Å². The Morgan fingerprint density at radius 3 is 2.39 bits per heavy atom. The minimum absolute atomic E-state index is 0.0221. The Hall–Kier alpha value is -2.77. The van der Waals surface area contributed by atoms with Crippen LogP contribution in [0.2, 0.25) is 5.02 Å². The van der Waals surface area contributed by atoms with Crippen molar-refractivity contribution in [1.82, 2.24) is 14.7 Å². The molecule has 0 aromatic heterocycles. The van der Waals surface area contributed by atoms with E-state index in [4.69, 9.17) is 26.1 Å². The highest BCUT2D eigenvalue weighted by Crippen LogP contribution is 2.41. The average molecular weight is 581 g/mol. The Kier molecular flexibility index (Phi) is 9.76. The number of likely N-dealkylation sites (tertiary alicyclic amines) is 2. The fourth-order valence-electron chi connectivity index (χ4n) is 6.53. The first-order chi connectivity index (χ1) is 19.9. The van der Waals surface area contributed by atoms with E-state index in [9.17, 15) is 4.79 Å². The Morgan fingerprint density at radius 1 is 1.05 bits per heavy atom. The number of piperidine rings is 1. The molecule has 2 amide bonds. The lowest BCUT2D eigenvalue weighted by Crippen LogP contribution is -2.52. The number of aliphatic imine (C=N–C) groups is 1. The first kappa shape index (κ1) is 29.7. The molecule has 222 valence electrons. The molecule has 0 N–H and O–H groups in total. The van der Waals surface area contributed by atoms with Crippen LogP contribution in [0, 0.1) is 5.92 Å². The third-order valence-electron chi connectivity index (χ3n) is 8.74. The first-order valence-electron chi connectivity index (χ1n) is 15.4. The van der Waals surface area contributed by atoms with Crippen LogP contribution in [0.15, 0.2) is 47.5 Å². The predicted molar refractivity (Wildman–Crippen MR) is 165 cm³/mol. The van der Waals surface area contributed by atoms with Crippen LogP contribution in [0.25, 0.3) is 0 Å². The molecule has 41 heavy (non-hydrogen) atoms. The van der Waals surface area contributed by atoms with E-state index in [1.165, 1.54) is 25.9 Å². The number of hydrogen-bond acceptors (Lipinski definition) is 5. The van der Waals surface area contributed by atoms with Crippen molar-refractivity contribution < 1.29 is 14.3 Å². The van der Waals surface area contributed by atoms with Crippen molar-refractivity contribution in [2.75, 3.05) is 39.9 Å².